The minimum atomic E-state index is -0.928. The highest BCUT2D eigenvalue weighted by atomic mass is 16.4. The maximum Gasteiger partial charge on any atom is 0.335 e. The van der Waals surface area contributed by atoms with E-state index in [2.05, 4.69) is 10.1 Å². The molecule has 1 N–H and O–H groups in total. The standard InChI is InChI=1S/C10H9N3O2/c1-7-4-8(10(14)15)2-3-9(7)13-6-11-5-12-13/h2-6H,1H3,(H,14,15). The molecule has 0 aliphatic rings. The number of carboxylic acids is 1. The van der Waals surface area contributed by atoms with E-state index in [4.69, 9.17) is 5.11 Å². The van der Waals surface area contributed by atoms with Crippen molar-refractivity contribution in [3.63, 3.8) is 0 Å². The first kappa shape index (κ1) is 9.39. The Labute approximate surface area is 86.0 Å². The van der Waals surface area contributed by atoms with Gasteiger partial charge < -0.3 is 5.11 Å². The van der Waals surface area contributed by atoms with Gasteiger partial charge in [0.25, 0.3) is 0 Å². The largest absolute Gasteiger partial charge is 0.478 e. The number of hydrogen-bond donors (Lipinski definition) is 1. The van der Waals surface area contributed by atoms with Crippen LogP contribution in [0.2, 0.25) is 0 Å². The number of aromatic carboxylic acids is 1. The summed E-state index contributed by atoms with van der Waals surface area (Å²) in [5.41, 5.74) is 1.95. The van der Waals surface area contributed by atoms with Crippen molar-refractivity contribution < 1.29 is 9.90 Å². The van der Waals surface area contributed by atoms with E-state index in [1.165, 1.54) is 6.33 Å². The predicted octanol–water partition coefficient (Wildman–Crippen LogP) is 1.27. The Morgan fingerprint density at radius 2 is 2.27 bits per heavy atom. The molecule has 0 aliphatic heterocycles. The Kier molecular flexibility index (Phi) is 2.21. The van der Waals surface area contributed by atoms with Gasteiger partial charge in [-0.2, -0.15) is 5.10 Å². The van der Waals surface area contributed by atoms with Crippen LogP contribution in [0, 0.1) is 6.92 Å². The van der Waals surface area contributed by atoms with Crippen LogP contribution in [0.1, 0.15) is 15.9 Å². The molecular weight excluding hydrogens is 194 g/mol. The molecule has 0 unspecified atom stereocenters. The second kappa shape index (κ2) is 3.53. The van der Waals surface area contributed by atoms with E-state index in [0.717, 1.165) is 11.3 Å². The van der Waals surface area contributed by atoms with Gasteiger partial charge in [0.15, 0.2) is 0 Å². The lowest BCUT2D eigenvalue weighted by Gasteiger charge is -2.05. The summed E-state index contributed by atoms with van der Waals surface area (Å²) in [6, 6.07) is 4.87. The Balaban J connectivity index is 2.48. The number of hydrogen-bond acceptors (Lipinski definition) is 3. The van der Waals surface area contributed by atoms with Gasteiger partial charge in [-0.05, 0) is 30.7 Å². The highest BCUT2D eigenvalue weighted by Gasteiger charge is 2.06. The summed E-state index contributed by atoms with van der Waals surface area (Å²) < 4.78 is 1.60. The molecule has 76 valence electrons. The predicted molar refractivity (Wildman–Crippen MR) is 53.1 cm³/mol. The number of rotatable bonds is 2. The van der Waals surface area contributed by atoms with Crippen LogP contribution in [0.25, 0.3) is 5.69 Å². The third kappa shape index (κ3) is 1.71. The number of benzene rings is 1. The molecule has 0 amide bonds. The lowest BCUT2D eigenvalue weighted by Crippen LogP contribution is -2.01. The van der Waals surface area contributed by atoms with E-state index in [-0.39, 0.29) is 5.56 Å². The normalized spacial score (nSPS) is 10.2. The van der Waals surface area contributed by atoms with Gasteiger partial charge in [0.2, 0.25) is 0 Å². The third-order valence-electron chi connectivity index (χ3n) is 2.11. The van der Waals surface area contributed by atoms with E-state index < -0.39 is 5.97 Å². The van der Waals surface area contributed by atoms with Gasteiger partial charge in [0, 0.05) is 0 Å². The summed E-state index contributed by atoms with van der Waals surface area (Å²) in [4.78, 5) is 14.5. The highest BCUT2D eigenvalue weighted by molar-refractivity contribution is 5.88. The molecule has 0 fully saturated rings. The molecule has 1 aromatic carbocycles. The number of nitrogens with zero attached hydrogens (tertiary/aromatic N) is 3. The zero-order chi connectivity index (χ0) is 10.8. The topological polar surface area (TPSA) is 68.0 Å². The number of aryl methyl sites for hydroxylation is 1. The van der Waals surface area contributed by atoms with E-state index in [0.29, 0.717) is 0 Å². The van der Waals surface area contributed by atoms with Gasteiger partial charge in [-0.1, -0.05) is 0 Å². The van der Waals surface area contributed by atoms with Gasteiger partial charge in [0.1, 0.15) is 12.7 Å². The second-order valence-corrected chi connectivity index (χ2v) is 3.15. The van der Waals surface area contributed by atoms with Crippen molar-refractivity contribution in [1.82, 2.24) is 14.8 Å². The molecule has 0 saturated carbocycles. The monoisotopic (exact) mass is 203 g/mol. The van der Waals surface area contributed by atoms with E-state index in [1.54, 1.807) is 29.2 Å². The summed E-state index contributed by atoms with van der Waals surface area (Å²) in [6.07, 6.45) is 3.01. The third-order valence-corrected chi connectivity index (χ3v) is 2.11. The first-order valence-corrected chi connectivity index (χ1v) is 4.37. The van der Waals surface area contributed by atoms with Crippen LogP contribution in [-0.4, -0.2) is 25.8 Å². The van der Waals surface area contributed by atoms with Crippen LogP contribution >= 0.6 is 0 Å². The quantitative estimate of drug-likeness (QED) is 0.798. The molecule has 15 heavy (non-hydrogen) atoms. The zero-order valence-corrected chi connectivity index (χ0v) is 8.08. The van der Waals surface area contributed by atoms with E-state index in [1.807, 2.05) is 6.92 Å². The zero-order valence-electron chi connectivity index (χ0n) is 8.08. The molecule has 2 rings (SSSR count). The summed E-state index contributed by atoms with van der Waals surface area (Å²) in [7, 11) is 0. The average Bonchev–Trinajstić information content (AvgIpc) is 2.70. The SMILES string of the molecule is Cc1cc(C(=O)O)ccc1-n1cncn1. The highest BCUT2D eigenvalue weighted by Crippen LogP contribution is 2.14. The average molecular weight is 203 g/mol. The molecule has 5 nitrogen and oxygen atoms in total. The summed E-state index contributed by atoms with van der Waals surface area (Å²) in [5.74, 6) is -0.928. The fourth-order valence-electron chi connectivity index (χ4n) is 1.38. The molecular formula is C10H9N3O2. The smallest absolute Gasteiger partial charge is 0.335 e. The number of carbonyl (C=O) groups is 1. The van der Waals surface area contributed by atoms with Crippen molar-refractivity contribution in [3.8, 4) is 5.69 Å². The van der Waals surface area contributed by atoms with Gasteiger partial charge in [-0.3, -0.25) is 0 Å². The van der Waals surface area contributed by atoms with Crippen molar-refractivity contribution >= 4 is 5.97 Å². The van der Waals surface area contributed by atoms with Crippen molar-refractivity contribution in [2.45, 2.75) is 6.92 Å². The molecule has 5 heteroatoms. The molecule has 0 spiro atoms. The molecule has 0 atom stereocenters. The molecule has 0 saturated heterocycles. The van der Waals surface area contributed by atoms with Crippen LogP contribution < -0.4 is 0 Å². The van der Waals surface area contributed by atoms with E-state index >= 15 is 0 Å². The Hall–Kier alpha value is -2.17. The molecule has 2 aromatic rings. The minimum absolute atomic E-state index is 0.274. The maximum atomic E-state index is 10.7. The van der Waals surface area contributed by atoms with Crippen molar-refractivity contribution in [2.75, 3.05) is 0 Å². The van der Waals surface area contributed by atoms with Crippen LogP contribution in [0.3, 0.4) is 0 Å². The van der Waals surface area contributed by atoms with Crippen LogP contribution in [-0.2, 0) is 0 Å². The summed E-state index contributed by atoms with van der Waals surface area (Å²) in [5, 5.41) is 12.8. The Bertz CT molecular complexity index is 491. The van der Waals surface area contributed by atoms with Gasteiger partial charge >= 0.3 is 5.97 Å². The fraction of sp³-hybridized carbons (Fsp3) is 0.100. The van der Waals surface area contributed by atoms with Crippen LogP contribution in [0.5, 0.6) is 0 Å². The second-order valence-electron chi connectivity index (χ2n) is 3.15. The van der Waals surface area contributed by atoms with Gasteiger partial charge in [-0.25, -0.2) is 14.5 Å². The maximum absolute atomic E-state index is 10.7. The molecule has 0 bridgehead atoms. The van der Waals surface area contributed by atoms with Crippen molar-refractivity contribution in [2.24, 2.45) is 0 Å². The lowest BCUT2D eigenvalue weighted by molar-refractivity contribution is 0.0697. The van der Waals surface area contributed by atoms with E-state index in [9.17, 15) is 4.79 Å². The summed E-state index contributed by atoms with van der Waals surface area (Å²) >= 11 is 0. The number of aromatic nitrogens is 3. The first-order valence-electron chi connectivity index (χ1n) is 4.37. The summed E-state index contributed by atoms with van der Waals surface area (Å²) in [6.45, 7) is 1.84. The van der Waals surface area contributed by atoms with Gasteiger partial charge in [-0.15, -0.1) is 0 Å². The molecule has 1 aromatic heterocycles. The number of carboxylic acid groups (broad SMARTS) is 1. The van der Waals surface area contributed by atoms with Crippen LogP contribution in [0.4, 0.5) is 0 Å². The Morgan fingerprint density at radius 3 is 2.80 bits per heavy atom. The minimum Gasteiger partial charge on any atom is -0.478 e. The Morgan fingerprint density at radius 1 is 1.47 bits per heavy atom. The van der Waals surface area contributed by atoms with Crippen LogP contribution in [0.15, 0.2) is 30.9 Å². The van der Waals surface area contributed by atoms with Crippen molar-refractivity contribution in [3.05, 3.63) is 42.0 Å². The molecule has 0 radical (unpaired) electrons. The molecule has 1 heterocycles. The van der Waals surface area contributed by atoms with Gasteiger partial charge in [0.05, 0.1) is 11.3 Å². The van der Waals surface area contributed by atoms with Crippen molar-refractivity contribution in [1.29, 1.82) is 0 Å². The molecule has 0 aliphatic carbocycles. The fourth-order valence-corrected chi connectivity index (χ4v) is 1.38. The first-order chi connectivity index (χ1) is 7.18. The lowest BCUT2D eigenvalue weighted by atomic mass is 10.1.